The van der Waals surface area contributed by atoms with E-state index in [0.717, 1.165) is 22.9 Å². The van der Waals surface area contributed by atoms with Crippen LogP contribution in [0.2, 0.25) is 5.02 Å². The molecule has 9 heteroatoms. The molecule has 0 bridgehead atoms. The fourth-order valence-electron chi connectivity index (χ4n) is 3.49. The highest BCUT2D eigenvalue weighted by atomic mass is 35.5. The summed E-state index contributed by atoms with van der Waals surface area (Å²) >= 11 is 6.66. The first-order valence-corrected chi connectivity index (χ1v) is 9.58. The number of nitrogen functional groups attached to an aromatic ring is 1. The molecule has 3 aromatic rings. The molecule has 0 aliphatic carbocycles. The topological polar surface area (TPSA) is 104 Å². The summed E-state index contributed by atoms with van der Waals surface area (Å²) < 4.78 is 16.4. The lowest BCUT2D eigenvalue weighted by Gasteiger charge is -2.18. The average molecular weight is 416 g/mol. The van der Waals surface area contributed by atoms with E-state index in [1.54, 1.807) is 26.5 Å². The molecule has 4 rings (SSSR count). The fraction of sp³-hybridized carbons (Fsp3) is 0.350. The molecule has 1 aliphatic heterocycles. The zero-order chi connectivity index (χ0) is 20.5. The molecule has 0 radical (unpaired) electrons. The molecule has 1 aliphatic rings. The van der Waals surface area contributed by atoms with Gasteiger partial charge in [0.2, 0.25) is 5.95 Å². The van der Waals surface area contributed by atoms with Gasteiger partial charge in [-0.15, -0.1) is 0 Å². The van der Waals surface area contributed by atoms with E-state index in [2.05, 4.69) is 15.3 Å². The van der Waals surface area contributed by atoms with E-state index in [4.69, 9.17) is 36.5 Å². The van der Waals surface area contributed by atoms with Crippen LogP contribution in [0.3, 0.4) is 0 Å². The van der Waals surface area contributed by atoms with Gasteiger partial charge in [0, 0.05) is 35.4 Å². The SMILES string of the molecule is COc1cc(OC)c(Cl)c(-c2cc3cnc(N)nc3c(NC3CCOC3)n2)c1C. The lowest BCUT2D eigenvalue weighted by atomic mass is 10.0. The Hall–Kier alpha value is -2.84. The second-order valence-corrected chi connectivity index (χ2v) is 7.20. The van der Waals surface area contributed by atoms with Crippen LogP contribution in [0.15, 0.2) is 18.3 Å². The largest absolute Gasteiger partial charge is 0.496 e. The van der Waals surface area contributed by atoms with E-state index in [1.165, 1.54) is 0 Å². The van der Waals surface area contributed by atoms with E-state index >= 15 is 0 Å². The van der Waals surface area contributed by atoms with Gasteiger partial charge in [-0.2, -0.15) is 0 Å². The van der Waals surface area contributed by atoms with Crippen LogP contribution < -0.4 is 20.5 Å². The van der Waals surface area contributed by atoms with Gasteiger partial charge in [0.1, 0.15) is 17.0 Å². The molecule has 29 heavy (non-hydrogen) atoms. The quantitative estimate of drug-likeness (QED) is 0.652. The Labute approximate surface area is 173 Å². The molecule has 1 atom stereocenters. The van der Waals surface area contributed by atoms with Crippen LogP contribution in [0.4, 0.5) is 11.8 Å². The summed E-state index contributed by atoms with van der Waals surface area (Å²) in [5.74, 6) is 1.98. The number of benzene rings is 1. The van der Waals surface area contributed by atoms with Crippen molar-refractivity contribution in [3.63, 3.8) is 0 Å². The van der Waals surface area contributed by atoms with Crippen molar-refractivity contribution in [2.75, 3.05) is 38.5 Å². The normalized spacial score (nSPS) is 16.2. The monoisotopic (exact) mass is 415 g/mol. The average Bonchev–Trinajstić information content (AvgIpc) is 3.22. The number of ether oxygens (including phenoxy) is 3. The van der Waals surface area contributed by atoms with Crippen molar-refractivity contribution in [2.24, 2.45) is 0 Å². The summed E-state index contributed by atoms with van der Waals surface area (Å²) in [7, 11) is 3.17. The Morgan fingerprint density at radius 3 is 2.69 bits per heavy atom. The zero-order valence-corrected chi connectivity index (χ0v) is 17.2. The van der Waals surface area contributed by atoms with Gasteiger partial charge in [-0.25, -0.2) is 15.0 Å². The van der Waals surface area contributed by atoms with Gasteiger partial charge < -0.3 is 25.3 Å². The first-order chi connectivity index (χ1) is 14.0. The molecule has 3 heterocycles. The fourth-order valence-corrected chi connectivity index (χ4v) is 3.86. The standard InChI is InChI=1S/C20H22ClN5O3/c1-10-14(27-2)7-15(28-3)17(21)16(10)13-6-11-8-23-20(22)26-18(11)19(25-13)24-12-4-5-29-9-12/h6-8,12H,4-5,9H2,1-3H3,(H,24,25)(H2,22,23,26). The van der Waals surface area contributed by atoms with E-state index in [0.29, 0.717) is 46.8 Å². The highest BCUT2D eigenvalue weighted by Gasteiger charge is 2.22. The summed E-state index contributed by atoms with van der Waals surface area (Å²) in [6.45, 7) is 3.26. The summed E-state index contributed by atoms with van der Waals surface area (Å²) in [5, 5.41) is 4.69. The molecule has 3 N–H and O–H groups in total. The molecule has 8 nitrogen and oxygen atoms in total. The summed E-state index contributed by atoms with van der Waals surface area (Å²) in [6.07, 6.45) is 2.57. The minimum absolute atomic E-state index is 0.147. The molecule has 0 amide bonds. The maximum atomic E-state index is 6.66. The van der Waals surface area contributed by atoms with Crippen molar-refractivity contribution in [2.45, 2.75) is 19.4 Å². The number of aromatic nitrogens is 3. The van der Waals surface area contributed by atoms with E-state index < -0.39 is 0 Å². The molecule has 1 unspecified atom stereocenters. The number of halogens is 1. The van der Waals surface area contributed by atoms with Crippen LogP contribution in [0, 0.1) is 6.92 Å². The van der Waals surface area contributed by atoms with Crippen molar-refractivity contribution in [3.05, 3.63) is 28.9 Å². The van der Waals surface area contributed by atoms with Gasteiger partial charge in [-0.05, 0) is 19.4 Å². The number of anilines is 2. The third-order valence-corrected chi connectivity index (χ3v) is 5.37. The minimum Gasteiger partial charge on any atom is -0.496 e. The molecule has 1 fully saturated rings. The number of hydrogen-bond donors (Lipinski definition) is 2. The van der Waals surface area contributed by atoms with Gasteiger partial charge in [-0.1, -0.05) is 11.6 Å². The summed E-state index contributed by atoms with van der Waals surface area (Å²) in [5.41, 5.74) is 8.71. The number of nitrogens with two attached hydrogens (primary N) is 1. The zero-order valence-electron chi connectivity index (χ0n) is 16.5. The Morgan fingerprint density at radius 1 is 1.21 bits per heavy atom. The molecular formula is C20H22ClN5O3. The summed E-state index contributed by atoms with van der Waals surface area (Å²) in [4.78, 5) is 13.4. The Bertz CT molecular complexity index is 1040. The van der Waals surface area contributed by atoms with Crippen molar-refractivity contribution in [3.8, 4) is 22.8 Å². The maximum absolute atomic E-state index is 6.66. The van der Waals surface area contributed by atoms with Gasteiger partial charge in [0.15, 0.2) is 5.82 Å². The molecule has 152 valence electrons. The van der Waals surface area contributed by atoms with Crippen LogP contribution in [0.25, 0.3) is 22.2 Å². The van der Waals surface area contributed by atoms with Gasteiger partial charge >= 0.3 is 0 Å². The van der Waals surface area contributed by atoms with Crippen molar-refractivity contribution in [1.29, 1.82) is 0 Å². The summed E-state index contributed by atoms with van der Waals surface area (Å²) in [6, 6.07) is 3.80. The van der Waals surface area contributed by atoms with Gasteiger partial charge in [0.25, 0.3) is 0 Å². The Morgan fingerprint density at radius 2 is 2.00 bits per heavy atom. The van der Waals surface area contributed by atoms with Crippen molar-refractivity contribution >= 4 is 34.3 Å². The Balaban J connectivity index is 1.94. The van der Waals surface area contributed by atoms with E-state index in [-0.39, 0.29) is 12.0 Å². The van der Waals surface area contributed by atoms with Crippen LogP contribution in [0.5, 0.6) is 11.5 Å². The third-order valence-electron chi connectivity index (χ3n) is 4.99. The smallest absolute Gasteiger partial charge is 0.220 e. The van der Waals surface area contributed by atoms with E-state index in [1.807, 2.05) is 13.0 Å². The van der Waals surface area contributed by atoms with Crippen LogP contribution in [-0.2, 0) is 4.74 Å². The predicted octanol–water partition coefficient (Wildman–Crippen LogP) is 3.45. The third kappa shape index (κ3) is 3.61. The number of hydrogen-bond acceptors (Lipinski definition) is 8. The highest BCUT2D eigenvalue weighted by Crippen LogP contribution is 2.43. The highest BCUT2D eigenvalue weighted by molar-refractivity contribution is 6.35. The number of rotatable bonds is 5. The van der Waals surface area contributed by atoms with E-state index in [9.17, 15) is 0 Å². The van der Waals surface area contributed by atoms with Gasteiger partial charge in [0.05, 0.1) is 37.6 Å². The molecule has 0 saturated carbocycles. The number of fused-ring (bicyclic) bond motifs is 1. The van der Waals surface area contributed by atoms with Crippen LogP contribution in [-0.4, -0.2) is 48.4 Å². The molecule has 2 aromatic heterocycles. The predicted molar refractivity (Wildman–Crippen MR) is 113 cm³/mol. The number of nitrogens with zero attached hydrogens (tertiary/aromatic N) is 3. The lowest BCUT2D eigenvalue weighted by molar-refractivity contribution is 0.195. The Kier molecular flexibility index (Phi) is 5.29. The molecular weight excluding hydrogens is 394 g/mol. The van der Waals surface area contributed by atoms with Gasteiger partial charge in [-0.3, -0.25) is 0 Å². The number of methoxy groups -OCH3 is 2. The van der Waals surface area contributed by atoms with Crippen molar-refractivity contribution in [1.82, 2.24) is 15.0 Å². The second kappa shape index (κ2) is 7.88. The maximum Gasteiger partial charge on any atom is 0.220 e. The molecule has 1 saturated heterocycles. The van der Waals surface area contributed by atoms with Crippen molar-refractivity contribution < 1.29 is 14.2 Å². The minimum atomic E-state index is 0.147. The van der Waals surface area contributed by atoms with Crippen LogP contribution >= 0.6 is 11.6 Å². The van der Waals surface area contributed by atoms with Crippen LogP contribution in [0.1, 0.15) is 12.0 Å². The molecule has 0 spiro atoms. The molecule has 1 aromatic carbocycles. The number of pyridine rings is 1. The first-order valence-electron chi connectivity index (χ1n) is 9.20. The second-order valence-electron chi connectivity index (χ2n) is 6.82. The first kappa shape index (κ1) is 19.5. The number of nitrogens with one attached hydrogen (secondary N) is 1. The lowest BCUT2D eigenvalue weighted by Crippen LogP contribution is -2.20.